The first kappa shape index (κ1) is 38.5. The molecule has 6 heterocycles. The summed E-state index contributed by atoms with van der Waals surface area (Å²) in [6.07, 6.45) is 13.5. The van der Waals surface area contributed by atoms with Crippen molar-refractivity contribution in [1.82, 2.24) is 35.1 Å². The second-order valence-electron chi connectivity index (χ2n) is 17.0. The van der Waals surface area contributed by atoms with Gasteiger partial charge in [0.1, 0.15) is 5.75 Å². The van der Waals surface area contributed by atoms with E-state index in [1.165, 1.54) is 5.56 Å². The number of pyridine rings is 1. The number of hydrogen-bond acceptors (Lipinski definition) is 10. The third kappa shape index (κ3) is 7.51. The fourth-order valence-electron chi connectivity index (χ4n) is 9.55. The fourth-order valence-corrected chi connectivity index (χ4v) is 9.77. The molecule has 3 aliphatic heterocycles. The summed E-state index contributed by atoms with van der Waals surface area (Å²) in [6.45, 7) is 3.94. The van der Waals surface area contributed by atoms with E-state index >= 15 is 0 Å². The number of hydrogen-bond donors (Lipinski definition) is 3. The van der Waals surface area contributed by atoms with E-state index in [-0.39, 0.29) is 30.4 Å². The highest BCUT2D eigenvalue weighted by atomic mass is 35.5. The van der Waals surface area contributed by atoms with Crippen LogP contribution in [0.5, 0.6) is 5.75 Å². The first-order valence-electron chi connectivity index (χ1n) is 21.2. The van der Waals surface area contributed by atoms with Crippen LogP contribution in [0.15, 0.2) is 67.0 Å². The van der Waals surface area contributed by atoms with E-state index < -0.39 is 6.03 Å². The average molecular weight is 829 g/mol. The molecule has 3 aromatic heterocycles. The number of nitrogens with zero attached hydrogens (tertiary/aromatic N) is 7. The largest absolute Gasteiger partial charge is 0.489 e. The minimum Gasteiger partial charge on any atom is -0.489 e. The third-order valence-electron chi connectivity index (χ3n) is 13.2. The molecule has 5 aromatic rings. The molecule has 5 aliphatic rings. The van der Waals surface area contributed by atoms with Gasteiger partial charge in [0.2, 0.25) is 5.91 Å². The number of ether oxygens (including phenoxy) is 1. The van der Waals surface area contributed by atoms with Crippen molar-refractivity contribution in [1.29, 1.82) is 0 Å². The van der Waals surface area contributed by atoms with Crippen LogP contribution in [-0.4, -0.2) is 87.7 Å². The molecule has 2 aromatic carbocycles. The maximum Gasteiger partial charge on any atom is 0.328 e. The monoisotopic (exact) mass is 828 g/mol. The number of imidazole rings is 1. The minimum absolute atomic E-state index is 0.153. The van der Waals surface area contributed by atoms with Crippen molar-refractivity contribution in [2.24, 2.45) is 5.41 Å². The summed E-state index contributed by atoms with van der Waals surface area (Å²) >= 11 is 6.50. The summed E-state index contributed by atoms with van der Waals surface area (Å²) in [5.74, 6) is 1.14. The topological polar surface area (TPSA) is 149 Å². The van der Waals surface area contributed by atoms with Crippen LogP contribution >= 0.6 is 11.6 Å². The van der Waals surface area contributed by atoms with Crippen molar-refractivity contribution in [2.45, 2.75) is 82.9 Å². The first-order valence-corrected chi connectivity index (χ1v) is 21.6. The smallest absolute Gasteiger partial charge is 0.328 e. The van der Waals surface area contributed by atoms with E-state index in [2.05, 4.69) is 61.1 Å². The molecule has 0 unspecified atom stereocenters. The lowest BCUT2D eigenvalue weighted by Gasteiger charge is -2.46. The Hall–Kier alpha value is -5.73. The van der Waals surface area contributed by atoms with E-state index in [1.807, 2.05) is 37.5 Å². The number of benzene rings is 2. The van der Waals surface area contributed by atoms with Gasteiger partial charge in [-0.3, -0.25) is 29.7 Å². The van der Waals surface area contributed by atoms with Crippen LogP contribution in [0.4, 0.5) is 27.7 Å². The number of nitrogens with one attached hydrogen (secondary N) is 3. The van der Waals surface area contributed by atoms with Gasteiger partial charge in [0.05, 0.1) is 40.6 Å². The van der Waals surface area contributed by atoms with Crippen LogP contribution in [0.1, 0.15) is 79.4 Å². The number of likely N-dealkylation sites (tertiary alicyclic amines) is 1. The molecule has 2 saturated heterocycles. The Bertz CT molecular complexity index is 2470. The Balaban J connectivity index is 0.751. The van der Waals surface area contributed by atoms with E-state index in [0.29, 0.717) is 34.0 Å². The van der Waals surface area contributed by atoms with Crippen LogP contribution in [0, 0.1) is 5.41 Å². The van der Waals surface area contributed by atoms with Gasteiger partial charge in [-0.15, -0.1) is 5.10 Å². The van der Waals surface area contributed by atoms with Crippen molar-refractivity contribution in [3.05, 3.63) is 88.8 Å². The van der Waals surface area contributed by atoms with Crippen LogP contribution < -0.4 is 30.5 Å². The Morgan fingerprint density at radius 2 is 1.72 bits per heavy atom. The molecule has 310 valence electrons. The summed E-state index contributed by atoms with van der Waals surface area (Å²) in [7, 11) is 1.86. The number of amides is 4. The Morgan fingerprint density at radius 1 is 0.900 bits per heavy atom. The SMILES string of the molecule is CNc1cc(N2CCc3c(-c4ccc(OC5CCC6(CC5)CCN(Cc5ccc(Cl)c(N7CCC(=O)NC7=O)c5)CC6)cn4)cccc32)nn2c(C(=O)NC3CC3)cnc12. The maximum absolute atomic E-state index is 13.0. The Morgan fingerprint density at radius 3 is 2.47 bits per heavy atom. The molecular formula is C45H49ClN10O4. The Labute approximate surface area is 353 Å². The highest BCUT2D eigenvalue weighted by Crippen LogP contribution is 2.46. The van der Waals surface area contributed by atoms with Gasteiger partial charge in [-0.2, -0.15) is 0 Å². The average Bonchev–Trinajstić information content (AvgIpc) is 3.79. The highest BCUT2D eigenvalue weighted by Gasteiger charge is 2.39. The van der Waals surface area contributed by atoms with Crippen molar-refractivity contribution >= 4 is 58.0 Å². The predicted octanol–water partition coefficient (Wildman–Crippen LogP) is 7.12. The van der Waals surface area contributed by atoms with Crippen molar-refractivity contribution in [3.63, 3.8) is 0 Å². The number of imide groups is 1. The van der Waals surface area contributed by atoms with Crippen LogP contribution in [0.2, 0.25) is 5.02 Å². The van der Waals surface area contributed by atoms with E-state index in [1.54, 1.807) is 15.6 Å². The molecule has 15 heteroatoms. The number of anilines is 4. The van der Waals surface area contributed by atoms with Crippen molar-refractivity contribution in [3.8, 4) is 17.0 Å². The third-order valence-corrected chi connectivity index (χ3v) is 13.5. The van der Waals surface area contributed by atoms with Gasteiger partial charge in [-0.25, -0.2) is 14.3 Å². The van der Waals surface area contributed by atoms with Crippen molar-refractivity contribution < 1.29 is 19.1 Å². The van der Waals surface area contributed by atoms with Gasteiger partial charge >= 0.3 is 6.03 Å². The van der Waals surface area contributed by atoms with Crippen molar-refractivity contribution in [2.75, 3.05) is 48.3 Å². The highest BCUT2D eigenvalue weighted by molar-refractivity contribution is 6.34. The van der Waals surface area contributed by atoms with Gasteiger partial charge in [0.25, 0.3) is 5.91 Å². The molecule has 1 spiro atoms. The second-order valence-corrected chi connectivity index (χ2v) is 17.4. The summed E-state index contributed by atoms with van der Waals surface area (Å²) in [4.78, 5) is 52.9. The molecule has 2 saturated carbocycles. The molecule has 10 rings (SSSR count). The zero-order valence-corrected chi connectivity index (χ0v) is 34.5. The van der Waals surface area contributed by atoms with Gasteiger partial charge in [-0.1, -0.05) is 29.8 Å². The zero-order chi connectivity index (χ0) is 41.0. The lowest BCUT2D eigenvalue weighted by atomic mass is 9.67. The second kappa shape index (κ2) is 15.7. The lowest BCUT2D eigenvalue weighted by molar-refractivity contribution is -0.120. The number of urea groups is 1. The quantitative estimate of drug-likeness (QED) is 0.133. The number of carbonyl (C=O) groups excluding carboxylic acids is 3. The molecule has 0 radical (unpaired) electrons. The number of aromatic nitrogens is 4. The molecule has 4 fully saturated rings. The zero-order valence-electron chi connectivity index (χ0n) is 33.8. The minimum atomic E-state index is -0.420. The number of halogens is 1. The van der Waals surface area contributed by atoms with Gasteiger partial charge in [-0.05, 0) is 118 Å². The summed E-state index contributed by atoms with van der Waals surface area (Å²) in [5, 5.41) is 14.1. The lowest BCUT2D eigenvalue weighted by Crippen LogP contribution is -2.49. The van der Waals surface area contributed by atoms with Gasteiger partial charge in [0.15, 0.2) is 17.2 Å². The normalized spacial score (nSPS) is 19.4. The fraction of sp³-hybridized carbons (Fsp3) is 0.422. The first-order chi connectivity index (χ1) is 29.2. The number of piperidine rings is 1. The number of fused-ring (bicyclic) bond motifs is 2. The number of carbonyl (C=O) groups is 3. The molecular weight excluding hydrogens is 780 g/mol. The standard InChI is InChI=1S/C45H49ClN10O4/c1-47-36-24-40(52-56-39(26-49-42(36)56)43(58)50-29-6-7-29)54-19-13-33-32(3-2-4-37(33)54)35-10-8-31(25-48-35)60-30-11-15-45(16-12-30)17-21-53(22-18-45)27-28-5-9-34(46)38(23-28)55-20-14-41(57)51-44(55)59/h2-5,8-10,23-26,29-30,47H,6-7,11-22,27H2,1H3,(H,50,58)(H,51,57,59). The summed E-state index contributed by atoms with van der Waals surface area (Å²) < 4.78 is 8.20. The van der Waals surface area contributed by atoms with E-state index in [0.717, 1.165) is 124 Å². The molecule has 0 bridgehead atoms. The van der Waals surface area contributed by atoms with Gasteiger partial charge < -0.3 is 20.3 Å². The molecule has 14 nitrogen and oxygen atoms in total. The maximum atomic E-state index is 13.0. The van der Waals surface area contributed by atoms with Crippen LogP contribution in [0.25, 0.3) is 16.9 Å². The molecule has 3 N–H and O–H groups in total. The van der Waals surface area contributed by atoms with Crippen LogP contribution in [-0.2, 0) is 17.8 Å². The van der Waals surface area contributed by atoms with Crippen LogP contribution in [0.3, 0.4) is 0 Å². The number of rotatable bonds is 10. The molecule has 4 amide bonds. The van der Waals surface area contributed by atoms with Gasteiger partial charge in [0, 0.05) is 56.5 Å². The Kier molecular flexibility index (Phi) is 10.1. The van der Waals surface area contributed by atoms with E-state index in [4.69, 9.17) is 26.4 Å². The summed E-state index contributed by atoms with van der Waals surface area (Å²) in [6, 6.07) is 18.1. The molecule has 0 atom stereocenters. The predicted molar refractivity (Wildman–Crippen MR) is 230 cm³/mol. The molecule has 60 heavy (non-hydrogen) atoms. The van der Waals surface area contributed by atoms with E-state index in [9.17, 15) is 14.4 Å². The summed E-state index contributed by atoms with van der Waals surface area (Å²) in [5.41, 5.74) is 8.27. The molecule has 2 aliphatic carbocycles.